The second kappa shape index (κ2) is 8.22. The SMILES string of the molecule is Cc1nc(SCC(=O)NCc2ccccc2)c2cnn(-c3ccccc3)c2n1. The van der Waals surface area contributed by atoms with E-state index in [2.05, 4.69) is 20.4 Å². The molecule has 4 aromatic rings. The van der Waals surface area contributed by atoms with Crippen molar-refractivity contribution >= 4 is 28.7 Å². The molecule has 0 aliphatic rings. The van der Waals surface area contributed by atoms with E-state index in [9.17, 15) is 4.79 Å². The van der Waals surface area contributed by atoms with E-state index in [0.29, 0.717) is 12.4 Å². The number of hydrogen-bond acceptors (Lipinski definition) is 5. The number of thioether (sulfide) groups is 1. The number of fused-ring (bicyclic) bond motifs is 1. The molecule has 4 rings (SSSR count). The van der Waals surface area contributed by atoms with Crippen LogP contribution in [0.15, 0.2) is 71.9 Å². The summed E-state index contributed by atoms with van der Waals surface area (Å²) >= 11 is 1.40. The monoisotopic (exact) mass is 389 g/mol. The summed E-state index contributed by atoms with van der Waals surface area (Å²) < 4.78 is 1.80. The minimum absolute atomic E-state index is 0.0336. The van der Waals surface area contributed by atoms with E-state index >= 15 is 0 Å². The van der Waals surface area contributed by atoms with Crippen molar-refractivity contribution in [3.63, 3.8) is 0 Å². The van der Waals surface area contributed by atoms with Crippen molar-refractivity contribution in [1.29, 1.82) is 0 Å². The number of nitrogens with one attached hydrogen (secondary N) is 1. The lowest BCUT2D eigenvalue weighted by Crippen LogP contribution is -2.24. The van der Waals surface area contributed by atoms with Crippen molar-refractivity contribution < 1.29 is 4.79 Å². The number of nitrogens with zero attached hydrogens (tertiary/aromatic N) is 4. The Morgan fingerprint density at radius 3 is 2.50 bits per heavy atom. The van der Waals surface area contributed by atoms with Gasteiger partial charge in [-0.25, -0.2) is 14.6 Å². The van der Waals surface area contributed by atoms with Crippen molar-refractivity contribution in [2.24, 2.45) is 0 Å². The fourth-order valence-electron chi connectivity index (χ4n) is 2.84. The number of hydrogen-bond donors (Lipinski definition) is 1. The number of rotatable bonds is 6. The smallest absolute Gasteiger partial charge is 0.230 e. The maximum atomic E-state index is 12.2. The molecule has 0 fully saturated rings. The van der Waals surface area contributed by atoms with Crippen LogP contribution in [0.3, 0.4) is 0 Å². The molecule has 0 radical (unpaired) electrons. The molecule has 1 N–H and O–H groups in total. The number of aromatic nitrogens is 4. The molecule has 0 saturated carbocycles. The summed E-state index contributed by atoms with van der Waals surface area (Å²) in [5.74, 6) is 0.903. The van der Waals surface area contributed by atoms with Gasteiger partial charge in [0.25, 0.3) is 0 Å². The van der Waals surface area contributed by atoms with Gasteiger partial charge in [0.15, 0.2) is 5.65 Å². The standard InChI is InChI=1S/C21H19N5OS/c1-15-24-20-18(13-23-26(20)17-10-6-3-7-11-17)21(25-15)28-14-19(27)22-12-16-8-4-2-5-9-16/h2-11,13H,12,14H2,1H3,(H,22,27). The van der Waals surface area contributed by atoms with Crippen LogP contribution in [0, 0.1) is 6.92 Å². The van der Waals surface area contributed by atoms with Crippen molar-refractivity contribution in [3.05, 3.63) is 78.2 Å². The third-order valence-electron chi connectivity index (χ3n) is 4.18. The van der Waals surface area contributed by atoms with Crippen LogP contribution in [0.1, 0.15) is 11.4 Å². The van der Waals surface area contributed by atoms with Gasteiger partial charge in [-0.05, 0) is 24.6 Å². The molecule has 0 aliphatic heterocycles. The molecule has 6 nitrogen and oxygen atoms in total. The molecule has 0 saturated heterocycles. The molecule has 140 valence electrons. The number of carbonyl (C=O) groups excluding carboxylic acids is 1. The molecule has 0 aliphatic carbocycles. The third kappa shape index (κ3) is 4.04. The number of benzene rings is 2. The van der Waals surface area contributed by atoms with E-state index in [-0.39, 0.29) is 11.7 Å². The van der Waals surface area contributed by atoms with Gasteiger partial charge < -0.3 is 5.32 Å². The van der Waals surface area contributed by atoms with E-state index < -0.39 is 0 Å². The van der Waals surface area contributed by atoms with Crippen molar-refractivity contribution in [2.75, 3.05) is 5.75 Å². The lowest BCUT2D eigenvalue weighted by atomic mass is 10.2. The Kier molecular flexibility index (Phi) is 5.34. The Hall–Kier alpha value is -3.19. The first kappa shape index (κ1) is 18.2. The van der Waals surface area contributed by atoms with Gasteiger partial charge in [-0.2, -0.15) is 5.10 Å². The van der Waals surface area contributed by atoms with Crippen molar-refractivity contribution in [1.82, 2.24) is 25.1 Å². The maximum Gasteiger partial charge on any atom is 0.230 e. The van der Waals surface area contributed by atoms with Crippen molar-refractivity contribution in [3.8, 4) is 5.69 Å². The van der Waals surface area contributed by atoms with Gasteiger partial charge in [0.2, 0.25) is 5.91 Å². The van der Waals surface area contributed by atoms with Crippen LogP contribution in [-0.2, 0) is 11.3 Å². The summed E-state index contributed by atoms with van der Waals surface area (Å²) in [7, 11) is 0. The van der Waals surface area contributed by atoms with Crippen LogP contribution in [-0.4, -0.2) is 31.4 Å². The first-order valence-electron chi connectivity index (χ1n) is 8.92. The lowest BCUT2D eigenvalue weighted by molar-refractivity contribution is -0.118. The predicted octanol–water partition coefficient (Wildman–Crippen LogP) is 3.53. The number of para-hydroxylation sites is 1. The van der Waals surface area contributed by atoms with Gasteiger partial charge in [-0.3, -0.25) is 4.79 Å². The molecule has 2 aromatic heterocycles. The Balaban J connectivity index is 1.49. The molecular formula is C21H19N5OS. The van der Waals surface area contributed by atoms with E-state index in [4.69, 9.17) is 0 Å². The molecule has 0 bridgehead atoms. The molecule has 2 heterocycles. The summed E-state index contributed by atoms with van der Waals surface area (Å²) in [6, 6.07) is 19.7. The van der Waals surface area contributed by atoms with E-state index in [1.54, 1.807) is 10.9 Å². The molecule has 7 heteroatoms. The van der Waals surface area contributed by atoms with Gasteiger partial charge in [0, 0.05) is 6.54 Å². The summed E-state index contributed by atoms with van der Waals surface area (Å²) in [5.41, 5.74) is 2.75. The van der Waals surface area contributed by atoms with Gasteiger partial charge in [0.05, 0.1) is 23.0 Å². The van der Waals surface area contributed by atoms with Crippen LogP contribution in [0.5, 0.6) is 0 Å². The molecule has 0 spiro atoms. The summed E-state index contributed by atoms with van der Waals surface area (Å²) in [6.07, 6.45) is 1.76. The molecule has 0 atom stereocenters. The Bertz CT molecular complexity index is 1100. The number of carbonyl (C=O) groups is 1. The van der Waals surface area contributed by atoms with E-state index in [0.717, 1.165) is 27.3 Å². The summed E-state index contributed by atoms with van der Waals surface area (Å²) in [5, 5.41) is 9.02. The van der Waals surface area contributed by atoms with Gasteiger partial charge in [-0.1, -0.05) is 60.3 Å². The molecule has 0 unspecified atom stereocenters. The number of aryl methyl sites for hydroxylation is 1. The first-order chi connectivity index (χ1) is 13.7. The van der Waals surface area contributed by atoms with Gasteiger partial charge in [-0.15, -0.1) is 0 Å². The highest BCUT2D eigenvalue weighted by atomic mass is 32.2. The Labute approximate surface area is 167 Å². The van der Waals surface area contributed by atoms with Crippen LogP contribution in [0.25, 0.3) is 16.7 Å². The second-order valence-corrected chi connectivity index (χ2v) is 7.22. The largest absolute Gasteiger partial charge is 0.351 e. The van der Waals surface area contributed by atoms with Crippen LogP contribution in [0.2, 0.25) is 0 Å². The lowest BCUT2D eigenvalue weighted by Gasteiger charge is -2.07. The minimum Gasteiger partial charge on any atom is -0.351 e. The zero-order valence-corrected chi connectivity index (χ0v) is 16.2. The van der Waals surface area contributed by atoms with Crippen LogP contribution in [0.4, 0.5) is 0 Å². The zero-order valence-electron chi connectivity index (χ0n) is 15.4. The first-order valence-corrected chi connectivity index (χ1v) is 9.90. The van der Waals surface area contributed by atoms with Crippen LogP contribution >= 0.6 is 11.8 Å². The van der Waals surface area contributed by atoms with Gasteiger partial charge in [0.1, 0.15) is 10.9 Å². The topological polar surface area (TPSA) is 72.7 Å². The average molecular weight is 389 g/mol. The highest BCUT2D eigenvalue weighted by Gasteiger charge is 2.14. The fraction of sp³-hybridized carbons (Fsp3) is 0.143. The Morgan fingerprint density at radius 1 is 1.04 bits per heavy atom. The third-order valence-corrected chi connectivity index (χ3v) is 5.17. The summed E-state index contributed by atoms with van der Waals surface area (Å²) in [4.78, 5) is 21.3. The molecule has 1 amide bonds. The summed E-state index contributed by atoms with van der Waals surface area (Å²) in [6.45, 7) is 2.37. The molecular weight excluding hydrogens is 370 g/mol. The zero-order chi connectivity index (χ0) is 19.3. The van der Waals surface area contributed by atoms with E-state index in [1.165, 1.54) is 11.8 Å². The number of amides is 1. The maximum absolute atomic E-state index is 12.2. The van der Waals surface area contributed by atoms with E-state index in [1.807, 2.05) is 67.6 Å². The van der Waals surface area contributed by atoms with Crippen molar-refractivity contribution in [2.45, 2.75) is 18.5 Å². The second-order valence-electron chi connectivity index (χ2n) is 6.26. The fourth-order valence-corrected chi connectivity index (χ4v) is 3.70. The predicted molar refractivity (Wildman–Crippen MR) is 110 cm³/mol. The minimum atomic E-state index is -0.0336. The highest BCUT2D eigenvalue weighted by Crippen LogP contribution is 2.26. The molecule has 28 heavy (non-hydrogen) atoms. The normalized spacial score (nSPS) is 10.9. The molecule has 2 aromatic carbocycles. The average Bonchev–Trinajstić information content (AvgIpc) is 3.15. The Morgan fingerprint density at radius 2 is 1.75 bits per heavy atom. The quantitative estimate of drug-likeness (QED) is 0.403. The highest BCUT2D eigenvalue weighted by molar-refractivity contribution is 8.00. The van der Waals surface area contributed by atoms with Crippen LogP contribution < -0.4 is 5.32 Å². The van der Waals surface area contributed by atoms with Gasteiger partial charge >= 0.3 is 0 Å².